The van der Waals surface area contributed by atoms with E-state index in [1.54, 1.807) is 35.4 Å². The van der Waals surface area contributed by atoms with Gasteiger partial charge in [0.05, 0.1) is 33.2 Å². The fourth-order valence-corrected chi connectivity index (χ4v) is 3.11. The molecule has 130 valence electrons. The van der Waals surface area contributed by atoms with Crippen molar-refractivity contribution in [3.05, 3.63) is 52.3 Å². The maximum Gasteiger partial charge on any atom is 0.257 e. The van der Waals surface area contributed by atoms with Crippen LogP contribution in [0.2, 0.25) is 10.0 Å². The number of amides is 2. The normalized spacial score (nSPS) is 14.3. The molecule has 1 aromatic carbocycles. The number of carbonyl (C=O) groups is 2. The van der Waals surface area contributed by atoms with Crippen LogP contribution in [0.5, 0.6) is 0 Å². The van der Waals surface area contributed by atoms with Gasteiger partial charge in [-0.2, -0.15) is 0 Å². The van der Waals surface area contributed by atoms with Gasteiger partial charge in [-0.1, -0.05) is 29.3 Å². The smallest absolute Gasteiger partial charge is 0.257 e. The summed E-state index contributed by atoms with van der Waals surface area (Å²) in [7, 11) is 0. The second-order valence-corrected chi connectivity index (χ2v) is 6.43. The Balaban J connectivity index is 1.75. The van der Waals surface area contributed by atoms with E-state index in [-0.39, 0.29) is 5.91 Å². The summed E-state index contributed by atoms with van der Waals surface area (Å²) in [4.78, 5) is 31.3. The fourth-order valence-electron chi connectivity index (χ4n) is 2.61. The average Bonchev–Trinajstić information content (AvgIpc) is 2.65. The van der Waals surface area contributed by atoms with Crippen molar-refractivity contribution in [1.82, 2.24) is 9.88 Å². The predicted octanol–water partition coefficient (Wildman–Crippen LogP) is 2.92. The Morgan fingerprint density at radius 2 is 1.80 bits per heavy atom. The van der Waals surface area contributed by atoms with Crippen LogP contribution in [0.4, 0.5) is 11.4 Å². The van der Waals surface area contributed by atoms with Gasteiger partial charge in [0.25, 0.3) is 5.91 Å². The molecule has 0 spiro atoms. The first-order valence-corrected chi connectivity index (χ1v) is 8.49. The highest BCUT2D eigenvalue weighted by molar-refractivity contribution is 6.40. The molecule has 1 saturated heterocycles. The molecule has 1 N–H and O–H groups in total. The molecule has 6 nitrogen and oxygen atoms in total. The molecule has 2 amide bonds. The van der Waals surface area contributed by atoms with E-state index in [2.05, 4.69) is 15.2 Å². The Kier molecular flexibility index (Phi) is 5.40. The van der Waals surface area contributed by atoms with E-state index in [1.807, 2.05) is 0 Å². The van der Waals surface area contributed by atoms with E-state index in [0.717, 1.165) is 12.1 Å². The van der Waals surface area contributed by atoms with E-state index >= 15 is 0 Å². The number of anilines is 2. The van der Waals surface area contributed by atoms with E-state index < -0.39 is 0 Å². The number of hydrogen-bond donors (Lipinski definition) is 1. The van der Waals surface area contributed by atoms with Crippen LogP contribution in [-0.2, 0) is 4.79 Å². The Labute approximate surface area is 155 Å². The van der Waals surface area contributed by atoms with Crippen molar-refractivity contribution in [2.75, 3.05) is 36.4 Å². The molecular weight excluding hydrogens is 363 g/mol. The maximum atomic E-state index is 12.5. The highest BCUT2D eigenvalue weighted by Gasteiger charge is 2.18. The van der Waals surface area contributed by atoms with Crippen molar-refractivity contribution in [2.24, 2.45) is 0 Å². The lowest BCUT2D eigenvalue weighted by Crippen LogP contribution is -2.45. The highest BCUT2D eigenvalue weighted by Crippen LogP contribution is 2.30. The summed E-state index contributed by atoms with van der Waals surface area (Å²) >= 11 is 12.2. The van der Waals surface area contributed by atoms with E-state index in [0.29, 0.717) is 47.5 Å². The minimum atomic E-state index is -0.337. The molecule has 0 atom stereocenters. The molecular formula is C17H16Cl2N4O2. The number of nitrogens with one attached hydrogen (secondary N) is 1. The van der Waals surface area contributed by atoms with Gasteiger partial charge in [0.1, 0.15) is 0 Å². The average molecular weight is 379 g/mol. The van der Waals surface area contributed by atoms with Crippen molar-refractivity contribution in [3.63, 3.8) is 0 Å². The first kappa shape index (κ1) is 17.5. The summed E-state index contributed by atoms with van der Waals surface area (Å²) < 4.78 is 0. The number of hydrogen-bond acceptors (Lipinski definition) is 4. The summed E-state index contributed by atoms with van der Waals surface area (Å²) in [5, 5.41) is 3.47. The van der Waals surface area contributed by atoms with E-state index in [4.69, 9.17) is 23.2 Å². The van der Waals surface area contributed by atoms with Crippen LogP contribution in [0.1, 0.15) is 10.4 Å². The van der Waals surface area contributed by atoms with E-state index in [9.17, 15) is 9.59 Å². The molecule has 1 aliphatic rings. The fraction of sp³-hybridized carbons (Fsp3) is 0.235. The Bertz CT molecular complexity index is 772. The molecule has 1 aliphatic heterocycles. The van der Waals surface area contributed by atoms with E-state index in [1.165, 1.54) is 6.20 Å². The zero-order valence-corrected chi connectivity index (χ0v) is 14.8. The second kappa shape index (κ2) is 7.72. The van der Waals surface area contributed by atoms with Gasteiger partial charge in [0.2, 0.25) is 6.41 Å². The summed E-state index contributed by atoms with van der Waals surface area (Å²) in [6.07, 6.45) is 4.05. The van der Waals surface area contributed by atoms with Gasteiger partial charge in [-0.15, -0.1) is 0 Å². The molecule has 2 aromatic rings. The van der Waals surface area contributed by atoms with Gasteiger partial charge in [-0.05, 0) is 18.2 Å². The third-order valence-electron chi connectivity index (χ3n) is 4.02. The minimum Gasteiger partial charge on any atom is -0.367 e. The van der Waals surface area contributed by atoms with Crippen LogP contribution in [0.15, 0.2) is 36.7 Å². The molecule has 0 unspecified atom stereocenters. The molecule has 2 heterocycles. The Hall–Kier alpha value is -2.31. The summed E-state index contributed by atoms with van der Waals surface area (Å²) in [5.41, 5.74) is 1.62. The number of carbonyl (C=O) groups excluding carboxylic acids is 2. The van der Waals surface area contributed by atoms with Crippen molar-refractivity contribution in [1.29, 1.82) is 0 Å². The topological polar surface area (TPSA) is 65.5 Å². The van der Waals surface area contributed by atoms with Crippen molar-refractivity contribution in [2.45, 2.75) is 0 Å². The summed E-state index contributed by atoms with van der Waals surface area (Å²) in [5.74, 6) is -0.337. The molecule has 0 aliphatic carbocycles. The number of rotatable bonds is 4. The molecule has 0 radical (unpaired) electrons. The number of pyridine rings is 1. The first-order valence-electron chi connectivity index (χ1n) is 7.73. The molecule has 1 aromatic heterocycles. The molecule has 3 rings (SSSR count). The van der Waals surface area contributed by atoms with Crippen molar-refractivity contribution in [3.8, 4) is 0 Å². The minimum absolute atomic E-state index is 0.337. The zero-order chi connectivity index (χ0) is 17.8. The number of benzene rings is 1. The number of piperazine rings is 1. The van der Waals surface area contributed by atoms with Crippen LogP contribution < -0.4 is 10.2 Å². The van der Waals surface area contributed by atoms with Crippen LogP contribution in [-0.4, -0.2) is 48.4 Å². The van der Waals surface area contributed by atoms with Crippen molar-refractivity contribution < 1.29 is 9.59 Å². The second-order valence-electron chi connectivity index (χ2n) is 5.61. The quantitative estimate of drug-likeness (QED) is 0.830. The maximum absolute atomic E-state index is 12.5. The lowest BCUT2D eigenvalue weighted by molar-refractivity contribution is -0.118. The van der Waals surface area contributed by atoms with Gasteiger partial charge in [0, 0.05) is 32.4 Å². The van der Waals surface area contributed by atoms with Crippen LogP contribution in [0.25, 0.3) is 0 Å². The van der Waals surface area contributed by atoms with Crippen LogP contribution in [0.3, 0.4) is 0 Å². The zero-order valence-electron chi connectivity index (χ0n) is 13.3. The van der Waals surface area contributed by atoms with Crippen molar-refractivity contribution >= 4 is 46.9 Å². The lowest BCUT2D eigenvalue weighted by atomic mass is 10.2. The van der Waals surface area contributed by atoms with Crippen LogP contribution >= 0.6 is 23.2 Å². The molecule has 1 fully saturated rings. The SMILES string of the molecule is O=CN1CCN(c2cncc(C(=O)Nc3c(Cl)cccc3Cl)c2)CC1. The molecule has 0 bridgehead atoms. The third kappa shape index (κ3) is 4.03. The summed E-state index contributed by atoms with van der Waals surface area (Å²) in [6.45, 7) is 2.69. The Morgan fingerprint density at radius 3 is 2.44 bits per heavy atom. The van der Waals surface area contributed by atoms with Crippen LogP contribution in [0, 0.1) is 0 Å². The van der Waals surface area contributed by atoms with Gasteiger partial charge in [-0.25, -0.2) is 0 Å². The number of para-hydroxylation sites is 1. The largest absolute Gasteiger partial charge is 0.367 e. The molecule has 8 heteroatoms. The summed E-state index contributed by atoms with van der Waals surface area (Å²) in [6, 6.07) is 6.79. The standard InChI is InChI=1S/C17H16Cl2N4O2/c18-14-2-1-3-15(19)16(14)21-17(25)12-8-13(10-20-9-12)23-6-4-22(11-24)5-7-23/h1-3,8-11H,4-7H2,(H,21,25). The predicted molar refractivity (Wildman–Crippen MR) is 98.5 cm³/mol. The molecule has 0 saturated carbocycles. The number of aromatic nitrogens is 1. The monoisotopic (exact) mass is 378 g/mol. The Morgan fingerprint density at radius 1 is 1.12 bits per heavy atom. The number of halogens is 2. The highest BCUT2D eigenvalue weighted by atomic mass is 35.5. The van der Waals surface area contributed by atoms with Gasteiger partial charge >= 0.3 is 0 Å². The number of nitrogens with zero attached hydrogens (tertiary/aromatic N) is 3. The third-order valence-corrected chi connectivity index (χ3v) is 4.65. The van der Waals surface area contributed by atoms with Gasteiger partial charge in [-0.3, -0.25) is 14.6 Å². The van der Waals surface area contributed by atoms with Gasteiger partial charge in [0.15, 0.2) is 0 Å². The molecule has 25 heavy (non-hydrogen) atoms. The first-order chi connectivity index (χ1) is 12.1. The lowest BCUT2D eigenvalue weighted by Gasteiger charge is -2.34. The van der Waals surface area contributed by atoms with Gasteiger partial charge < -0.3 is 15.1 Å².